The van der Waals surface area contributed by atoms with Crippen LogP contribution in [0.15, 0.2) is 18.2 Å². The molecular formula is C14H19ClN2O4. The van der Waals surface area contributed by atoms with Crippen LogP contribution >= 0.6 is 11.6 Å². The molecule has 0 spiro atoms. The number of ether oxygens (including phenoxy) is 2. The van der Waals surface area contributed by atoms with E-state index in [4.69, 9.17) is 21.1 Å². The van der Waals surface area contributed by atoms with Crippen LogP contribution in [0, 0.1) is 0 Å². The van der Waals surface area contributed by atoms with Gasteiger partial charge in [0.05, 0.1) is 18.7 Å². The molecule has 1 rings (SSSR count). The summed E-state index contributed by atoms with van der Waals surface area (Å²) in [7, 11) is 1.52. The molecule has 0 aromatic heterocycles. The van der Waals surface area contributed by atoms with E-state index in [1.54, 1.807) is 25.1 Å². The van der Waals surface area contributed by atoms with Crippen LogP contribution in [0.5, 0.6) is 5.75 Å². The summed E-state index contributed by atoms with van der Waals surface area (Å²) in [4.78, 5) is 24.4. The molecule has 1 aromatic rings. The smallest absolute Gasteiger partial charge is 0.407 e. The summed E-state index contributed by atoms with van der Waals surface area (Å²) < 4.78 is 9.82. The van der Waals surface area contributed by atoms with Gasteiger partial charge in [-0.25, -0.2) is 4.79 Å². The van der Waals surface area contributed by atoms with Crippen molar-refractivity contribution < 1.29 is 19.1 Å². The largest absolute Gasteiger partial charge is 0.495 e. The number of halogens is 1. The van der Waals surface area contributed by atoms with Gasteiger partial charge in [-0.2, -0.15) is 0 Å². The fourth-order valence-corrected chi connectivity index (χ4v) is 2.00. The first-order chi connectivity index (χ1) is 9.99. The van der Waals surface area contributed by atoms with Crippen LogP contribution in [0.2, 0.25) is 5.02 Å². The molecule has 2 amide bonds. The molecule has 0 saturated heterocycles. The van der Waals surface area contributed by atoms with E-state index in [1.165, 1.54) is 18.9 Å². The average Bonchev–Trinajstić information content (AvgIpc) is 2.43. The van der Waals surface area contributed by atoms with Gasteiger partial charge in [-0.1, -0.05) is 11.6 Å². The first-order valence-corrected chi connectivity index (χ1v) is 6.89. The molecule has 0 aliphatic heterocycles. The third-order valence-corrected chi connectivity index (χ3v) is 3.00. The molecule has 0 aliphatic carbocycles. The summed E-state index contributed by atoms with van der Waals surface area (Å²) in [5.41, 5.74) is 0.638. The van der Waals surface area contributed by atoms with Gasteiger partial charge in [-0.3, -0.25) is 4.79 Å². The minimum Gasteiger partial charge on any atom is -0.495 e. The highest BCUT2D eigenvalue weighted by Crippen LogP contribution is 2.29. The first kappa shape index (κ1) is 17.1. The third kappa shape index (κ3) is 5.15. The molecule has 0 unspecified atom stereocenters. The zero-order chi connectivity index (χ0) is 15.8. The van der Waals surface area contributed by atoms with Gasteiger partial charge in [0, 0.05) is 25.7 Å². The molecule has 0 heterocycles. The summed E-state index contributed by atoms with van der Waals surface area (Å²) in [6, 6.07) is 5.06. The third-order valence-electron chi connectivity index (χ3n) is 2.71. The van der Waals surface area contributed by atoms with E-state index >= 15 is 0 Å². The SMILES string of the molecule is CCOC(=O)NCCN(C(C)=O)c1ccc(OC)c(Cl)c1. The number of alkyl carbamates (subject to hydrolysis) is 1. The van der Waals surface area contributed by atoms with Crippen LogP contribution in [-0.4, -0.2) is 38.8 Å². The predicted octanol–water partition coefficient (Wildman–Crippen LogP) is 2.45. The number of nitrogens with zero attached hydrogens (tertiary/aromatic N) is 1. The Hall–Kier alpha value is -1.95. The molecule has 116 valence electrons. The van der Waals surface area contributed by atoms with Crippen molar-refractivity contribution in [3.8, 4) is 5.75 Å². The second-order valence-corrected chi connectivity index (χ2v) is 4.54. The predicted molar refractivity (Wildman–Crippen MR) is 81.1 cm³/mol. The number of rotatable bonds is 6. The molecular weight excluding hydrogens is 296 g/mol. The Labute approximate surface area is 129 Å². The van der Waals surface area contributed by atoms with Crippen molar-refractivity contribution in [2.75, 3.05) is 31.7 Å². The van der Waals surface area contributed by atoms with Gasteiger partial charge in [0.15, 0.2) is 0 Å². The van der Waals surface area contributed by atoms with Crippen LogP contribution in [-0.2, 0) is 9.53 Å². The normalized spacial score (nSPS) is 9.90. The lowest BCUT2D eigenvalue weighted by Gasteiger charge is -2.22. The topological polar surface area (TPSA) is 67.9 Å². The highest BCUT2D eigenvalue weighted by atomic mass is 35.5. The summed E-state index contributed by atoms with van der Waals surface area (Å²) in [6.07, 6.45) is -0.506. The van der Waals surface area contributed by atoms with Crippen molar-refractivity contribution in [1.29, 1.82) is 0 Å². The molecule has 0 atom stereocenters. The lowest BCUT2D eigenvalue weighted by Crippen LogP contribution is -2.37. The molecule has 1 aromatic carbocycles. The van der Waals surface area contributed by atoms with Crippen molar-refractivity contribution in [3.05, 3.63) is 23.2 Å². The number of carbonyl (C=O) groups excluding carboxylic acids is 2. The minimum atomic E-state index is -0.506. The molecule has 7 heteroatoms. The van der Waals surface area contributed by atoms with Gasteiger partial charge in [0.2, 0.25) is 5.91 Å². The fraction of sp³-hybridized carbons (Fsp3) is 0.429. The molecule has 0 saturated carbocycles. The van der Waals surface area contributed by atoms with Gasteiger partial charge in [-0.15, -0.1) is 0 Å². The van der Waals surface area contributed by atoms with E-state index in [9.17, 15) is 9.59 Å². The Morgan fingerprint density at radius 2 is 2.10 bits per heavy atom. The lowest BCUT2D eigenvalue weighted by molar-refractivity contribution is -0.116. The van der Waals surface area contributed by atoms with Crippen molar-refractivity contribution in [1.82, 2.24) is 5.32 Å². The van der Waals surface area contributed by atoms with Gasteiger partial charge in [0.1, 0.15) is 5.75 Å². The van der Waals surface area contributed by atoms with E-state index in [0.717, 1.165) is 0 Å². The van der Waals surface area contributed by atoms with Crippen molar-refractivity contribution in [3.63, 3.8) is 0 Å². The Balaban J connectivity index is 2.71. The first-order valence-electron chi connectivity index (χ1n) is 6.51. The molecule has 21 heavy (non-hydrogen) atoms. The van der Waals surface area contributed by atoms with Crippen molar-refractivity contribution >= 4 is 29.3 Å². The quantitative estimate of drug-likeness (QED) is 0.875. The summed E-state index contributed by atoms with van der Waals surface area (Å²) >= 11 is 6.05. The Bertz CT molecular complexity index is 508. The maximum Gasteiger partial charge on any atom is 0.407 e. The average molecular weight is 315 g/mol. The van der Waals surface area contributed by atoms with Crippen LogP contribution in [0.4, 0.5) is 10.5 Å². The molecule has 6 nitrogen and oxygen atoms in total. The second-order valence-electron chi connectivity index (χ2n) is 4.14. The number of benzene rings is 1. The maximum atomic E-state index is 11.7. The zero-order valence-corrected chi connectivity index (χ0v) is 13.1. The van der Waals surface area contributed by atoms with Gasteiger partial charge >= 0.3 is 6.09 Å². The van der Waals surface area contributed by atoms with E-state index in [1.807, 2.05) is 0 Å². The van der Waals surface area contributed by atoms with E-state index in [0.29, 0.717) is 29.6 Å². The standard InChI is InChI=1S/C14H19ClN2O4/c1-4-21-14(19)16-7-8-17(10(2)18)11-5-6-13(20-3)12(15)9-11/h5-6,9H,4,7-8H2,1-3H3,(H,16,19). The Morgan fingerprint density at radius 1 is 1.38 bits per heavy atom. The van der Waals surface area contributed by atoms with Crippen LogP contribution in [0.1, 0.15) is 13.8 Å². The fourth-order valence-electron chi connectivity index (χ4n) is 1.74. The number of nitrogens with one attached hydrogen (secondary N) is 1. The van der Waals surface area contributed by atoms with E-state index in [2.05, 4.69) is 5.32 Å². The maximum absolute atomic E-state index is 11.7. The van der Waals surface area contributed by atoms with Crippen LogP contribution in [0.25, 0.3) is 0 Å². The number of hydrogen-bond acceptors (Lipinski definition) is 4. The molecule has 0 bridgehead atoms. The van der Waals surface area contributed by atoms with Crippen LogP contribution in [0.3, 0.4) is 0 Å². The zero-order valence-electron chi connectivity index (χ0n) is 12.3. The van der Waals surface area contributed by atoms with Gasteiger partial charge < -0.3 is 19.7 Å². The summed E-state index contributed by atoms with van der Waals surface area (Å²) in [5, 5.41) is 2.98. The minimum absolute atomic E-state index is 0.151. The number of methoxy groups -OCH3 is 1. The second kappa shape index (κ2) is 8.36. The monoisotopic (exact) mass is 314 g/mol. The van der Waals surface area contributed by atoms with Crippen molar-refractivity contribution in [2.45, 2.75) is 13.8 Å². The van der Waals surface area contributed by atoms with E-state index < -0.39 is 6.09 Å². The molecule has 0 fully saturated rings. The van der Waals surface area contributed by atoms with Crippen molar-refractivity contribution in [2.24, 2.45) is 0 Å². The van der Waals surface area contributed by atoms with Gasteiger partial charge in [0.25, 0.3) is 0 Å². The highest BCUT2D eigenvalue weighted by Gasteiger charge is 2.13. The number of hydrogen-bond donors (Lipinski definition) is 1. The number of carbonyl (C=O) groups is 2. The Kier molecular flexibility index (Phi) is 6.81. The summed E-state index contributed by atoms with van der Waals surface area (Å²) in [6.45, 7) is 4.07. The van der Waals surface area contributed by atoms with Crippen LogP contribution < -0.4 is 15.0 Å². The number of anilines is 1. The molecule has 0 aliphatic rings. The summed E-state index contributed by atoms with van der Waals surface area (Å²) in [5.74, 6) is 0.385. The van der Waals surface area contributed by atoms with Gasteiger partial charge in [-0.05, 0) is 25.1 Å². The highest BCUT2D eigenvalue weighted by molar-refractivity contribution is 6.32. The lowest BCUT2D eigenvalue weighted by atomic mass is 10.2. The number of amides is 2. The van der Waals surface area contributed by atoms with E-state index in [-0.39, 0.29) is 12.5 Å². The molecule has 0 radical (unpaired) electrons. The Morgan fingerprint density at radius 3 is 2.62 bits per heavy atom. The molecule has 1 N–H and O–H groups in total.